The predicted molar refractivity (Wildman–Crippen MR) is 203 cm³/mol. The molecule has 2 unspecified atom stereocenters. The highest BCUT2D eigenvalue weighted by Gasteiger charge is 2.39. The topological polar surface area (TPSA) is 13.1 Å². The number of benzene rings is 6. The molecule has 0 amide bonds. The number of hydrogen-bond donors (Lipinski definition) is 0. The van der Waals surface area contributed by atoms with Crippen LogP contribution in [0.15, 0.2) is 146 Å². The lowest BCUT2D eigenvalue weighted by atomic mass is 9.91. The van der Waals surface area contributed by atoms with E-state index in [2.05, 4.69) is 180 Å². The second kappa shape index (κ2) is 10.1. The number of anilines is 2. The minimum Gasteiger partial charge on any atom is -0.333 e. The predicted octanol–water partition coefficient (Wildman–Crippen LogP) is 11.5. The maximum atomic E-state index is 2.64. The average molecular weight is 618 g/mol. The highest BCUT2D eigenvalue weighted by atomic mass is 15.2. The fourth-order valence-electron chi connectivity index (χ4n) is 9.09. The van der Waals surface area contributed by atoms with Crippen LogP contribution in [0.2, 0.25) is 0 Å². The normalized spacial score (nSPS) is 16.9. The minimum atomic E-state index is 0.199. The van der Waals surface area contributed by atoms with Crippen LogP contribution in [0, 0.1) is 20.8 Å². The van der Waals surface area contributed by atoms with Crippen LogP contribution >= 0.6 is 0 Å². The second-order valence-electron chi connectivity index (χ2n) is 13.4. The van der Waals surface area contributed by atoms with Gasteiger partial charge in [-0.1, -0.05) is 115 Å². The molecule has 1 aliphatic heterocycles. The Hall–Kier alpha value is -5.80. The fraction of sp³-hybridized carbons (Fsp3) is 0.111. The van der Waals surface area contributed by atoms with Gasteiger partial charge in [0.2, 0.25) is 0 Å². The van der Waals surface area contributed by atoms with Crippen molar-refractivity contribution in [1.29, 1.82) is 0 Å². The molecule has 6 aromatic carbocycles. The minimum absolute atomic E-state index is 0.199. The number of nitrogens with zero attached hydrogens (tertiary/aromatic N) is 3. The molecule has 0 N–H and O–H groups in total. The highest BCUT2D eigenvalue weighted by Crippen LogP contribution is 2.52. The smallest absolute Gasteiger partial charge is 0.0629 e. The Morgan fingerprint density at radius 2 is 0.812 bits per heavy atom. The quantitative estimate of drug-likeness (QED) is 0.192. The first-order valence-electron chi connectivity index (χ1n) is 17.0. The molecule has 2 aliphatic rings. The Bertz CT molecular complexity index is 2430. The third-order valence-corrected chi connectivity index (χ3v) is 10.9. The van der Waals surface area contributed by atoms with E-state index in [4.69, 9.17) is 0 Å². The van der Waals surface area contributed by atoms with Crippen LogP contribution in [-0.4, -0.2) is 15.2 Å². The Labute approximate surface area is 280 Å². The molecule has 3 heterocycles. The summed E-state index contributed by atoms with van der Waals surface area (Å²) < 4.78 is 5.07. The largest absolute Gasteiger partial charge is 0.333 e. The lowest BCUT2D eigenvalue weighted by Gasteiger charge is -2.34. The molecule has 0 spiro atoms. The lowest BCUT2D eigenvalue weighted by molar-refractivity contribution is 0.741. The summed E-state index contributed by atoms with van der Waals surface area (Å²) in [6.07, 6.45) is 9.21. The van der Waals surface area contributed by atoms with Crippen LogP contribution in [0.3, 0.4) is 0 Å². The van der Waals surface area contributed by atoms with Gasteiger partial charge in [0.25, 0.3) is 0 Å². The van der Waals surface area contributed by atoms with Crippen molar-refractivity contribution >= 4 is 55.0 Å². The van der Waals surface area contributed by atoms with Crippen molar-refractivity contribution in [3.05, 3.63) is 168 Å². The first kappa shape index (κ1) is 27.3. The fourth-order valence-corrected chi connectivity index (χ4v) is 9.09. The zero-order valence-electron chi connectivity index (χ0n) is 27.4. The van der Waals surface area contributed by atoms with Crippen LogP contribution in [0.1, 0.15) is 28.2 Å². The van der Waals surface area contributed by atoms with Gasteiger partial charge >= 0.3 is 0 Å². The molecule has 230 valence electrons. The molecule has 3 nitrogen and oxygen atoms in total. The van der Waals surface area contributed by atoms with E-state index >= 15 is 0 Å². The summed E-state index contributed by atoms with van der Waals surface area (Å²) in [4.78, 5) is 2.64. The van der Waals surface area contributed by atoms with Crippen LogP contribution in [0.5, 0.6) is 0 Å². The summed E-state index contributed by atoms with van der Waals surface area (Å²) in [5.74, 6) is 0.305. The summed E-state index contributed by atoms with van der Waals surface area (Å²) in [6, 6.07) is 44.7. The van der Waals surface area contributed by atoms with Gasteiger partial charge in [-0.05, 0) is 73.4 Å². The summed E-state index contributed by atoms with van der Waals surface area (Å²) in [5.41, 5.74) is 15.2. The van der Waals surface area contributed by atoms with Crippen molar-refractivity contribution < 1.29 is 0 Å². The van der Waals surface area contributed by atoms with Crippen molar-refractivity contribution in [2.24, 2.45) is 0 Å². The van der Waals surface area contributed by atoms with Gasteiger partial charge in [0.05, 0.1) is 45.2 Å². The summed E-state index contributed by atoms with van der Waals surface area (Å²) in [5, 5.41) is 5.11. The molecular weight excluding hydrogens is 583 g/mol. The number of aromatic nitrogens is 2. The maximum Gasteiger partial charge on any atom is 0.0629 e. The first-order valence-corrected chi connectivity index (χ1v) is 17.0. The number of hydrogen-bond acceptors (Lipinski definition) is 1. The highest BCUT2D eigenvalue weighted by molar-refractivity contribution is 6.11. The van der Waals surface area contributed by atoms with Gasteiger partial charge in [0, 0.05) is 33.2 Å². The number of para-hydroxylation sites is 5. The Kier molecular flexibility index (Phi) is 5.75. The SMILES string of the molecule is Cc1c(N2c3ccccc3C3C=CC=CC32)c(C)c(-n2c3ccccc3c3ccccc32)c(C)c1-n1c2ccccc2c2ccccc21. The van der Waals surface area contributed by atoms with Gasteiger partial charge in [0.1, 0.15) is 0 Å². The molecule has 10 rings (SSSR count). The van der Waals surface area contributed by atoms with Crippen molar-refractivity contribution in [2.75, 3.05) is 4.90 Å². The first-order chi connectivity index (χ1) is 23.6. The van der Waals surface area contributed by atoms with Gasteiger partial charge < -0.3 is 14.0 Å². The van der Waals surface area contributed by atoms with E-state index < -0.39 is 0 Å². The molecule has 0 bridgehead atoms. The molecule has 0 saturated heterocycles. The monoisotopic (exact) mass is 617 g/mol. The molecule has 2 atom stereocenters. The van der Waals surface area contributed by atoms with Gasteiger partial charge in [0.15, 0.2) is 0 Å². The molecule has 8 aromatic rings. The molecule has 0 fully saturated rings. The van der Waals surface area contributed by atoms with E-state index in [1.54, 1.807) is 0 Å². The Balaban J connectivity index is 1.40. The van der Waals surface area contributed by atoms with Gasteiger partial charge in [-0.2, -0.15) is 0 Å². The zero-order chi connectivity index (χ0) is 32.1. The molecule has 3 heteroatoms. The van der Waals surface area contributed by atoms with E-state index in [-0.39, 0.29) is 6.04 Å². The standard InChI is InChI=1S/C45H35N3/c1-28-43(46-37-22-10-4-16-31(37)32-17-5-11-23-38(32)46)29(2)45(48-41-26-14-8-20-35(41)36-21-9-15-27-42(36)48)30(3)44(28)47-39-24-12-6-18-33(39)34-19-7-13-25-40(34)47/h4-27,31,37H,1-3H3. The Morgan fingerprint density at radius 3 is 1.31 bits per heavy atom. The van der Waals surface area contributed by atoms with Crippen LogP contribution < -0.4 is 4.90 Å². The summed E-state index contributed by atoms with van der Waals surface area (Å²) in [6.45, 7) is 7.04. The van der Waals surface area contributed by atoms with Crippen molar-refractivity contribution in [1.82, 2.24) is 9.13 Å². The van der Waals surface area contributed by atoms with Gasteiger partial charge in [-0.25, -0.2) is 0 Å². The lowest BCUT2D eigenvalue weighted by Crippen LogP contribution is -2.30. The third-order valence-electron chi connectivity index (χ3n) is 10.9. The van der Waals surface area contributed by atoms with Crippen LogP contribution in [0.4, 0.5) is 11.4 Å². The van der Waals surface area contributed by atoms with Crippen LogP contribution in [-0.2, 0) is 0 Å². The Morgan fingerprint density at radius 1 is 0.417 bits per heavy atom. The molecule has 1 aliphatic carbocycles. The van der Waals surface area contributed by atoms with E-state index in [1.165, 1.54) is 88.6 Å². The summed E-state index contributed by atoms with van der Waals surface area (Å²) >= 11 is 0. The van der Waals surface area contributed by atoms with E-state index in [9.17, 15) is 0 Å². The van der Waals surface area contributed by atoms with E-state index in [1.807, 2.05) is 0 Å². The number of fused-ring (bicyclic) bond motifs is 9. The summed E-state index contributed by atoms with van der Waals surface area (Å²) in [7, 11) is 0. The van der Waals surface area contributed by atoms with E-state index in [0.717, 1.165) is 0 Å². The second-order valence-corrected chi connectivity index (χ2v) is 13.4. The van der Waals surface area contributed by atoms with E-state index in [0.29, 0.717) is 5.92 Å². The molecule has 2 aromatic heterocycles. The number of rotatable bonds is 3. The molecule has 48 heavy (non-hydrogen) atoms. The zero-order valence-corrected chi connectivity index (χ0v) is 27.4. The molecule has 0 radical (unpaired) electrons. The maximum absolute atomic E-state index is 2.64. The van der Waals surface area contributed by atoms with Crippen molar-refractivity contribution in [3.8, 4) is 11.4 Å². The van der Waals surface area contributed by atoms with Crippen LogP contribution in [0.25, 0.3) is 55.0 Å². The number of allylic oxidation sites excluding steroid dienone is 2. The van der Waals surface area contributed by atoms with Crippen molar-refractivity contribution in [2.45, 2.75) is 32.7 Å². The third kappa shape index (κ3) is 3.53. The van der Waals surface area contributed by atoms with Gasteiger partial charge in [-0.3, -0.25) is 0 Å². The van der Waals surface area contributed by atoms with Crippen molar-refractivity contribution in [3.63, 3.8) is 0 Å². The molecular formula is C45H35N3. The average Bonchev–Trinajstić information content (AvgIpc) is 3.76. The molecule has 0 saturated carbocycles. The van der Waals surface area contributed by atoms with Gasteiger partial charge in [-0.15, -0.1) is 0 Å².